The van der Waals surface area contributed by atoms with Gasteiger partial charge >= 0.3 is 0 Å². The van der Waals surface area contributed by atoms with E-state index >= 15 is 0 Å². The molecule has 19 heavy (non-hydrogen) atoms. The minimum absolute atomic E-state index is 0.266. The second-order valence-corrected chi connectivity index (χ2v) is 6.95. The fraction of sp³-hybridized carbons (Fsp3) is 0.500. The molecule has 0 aromatic carbocycles. The summed E-state index contributed by atoms with van der Waals surface area (Å²) in [5.41, 5.74) is 6.15. The topological polar surface area (TPSA) is 84.2 Å². The molecule has 0 aliphatic carbocycles. The van der Waals surface area contributed by atoms with Gasteiger partial charge in [-0.3, -0.25) is 0 Å². The summed E-state index contributed by atoms with van der Waals surface area (Å²) in [5, 5.41) is 1.88. The molecule has 1 rings (SSSR count). The van der Waals surface area contributed by atoms with E-state index in [2.05, 4.69) is 21.3 Å². The van der Waals surface area contributed by atoms with Crippen LogP contribution in [0, 0.1) is 17.8 Å². The zero-order valence-corrected chi connectivity index (χ0v) is 12.7. The maximum atomic E-state index is 11.6. The standard InChI is InChI=1S/C12H19N3O2S2/c1-10(2)7-14-19(16,17)15-8-12-6-11(9-18-12)4-3-5-13/h6,9-10,14-15H,5,7-8,13H2,1-2H3. The molecule has 1 aromatic heterocycles. The summed E-state index contributed by atoms with van der Waals surface area (Å²) in [6.45, 7) is 4.90. The third-order valence-electron chi connectivity index (χ3n) is 2.11. The number of thiophene rings is 1. The molecular formula is C12H19N3O2S2. The molecule has 0 unspecified atom stereocenters. The van der Waals surface area contributed by atoms with E-state index in [1.807, 2.05) is 25.3 Å². The molecule has 0 aliphatic heterocycles. The molecule has 0 radical (unpaired) electrons. The first-order valence-corrected chi connectivity index (χ1v) is 8.30. The van der Waals surface area contributed by atoms with Crippen LogP contribution in [0.15, 0.2) is 11.4 Å². The van der Waals surface area contributed by atoms with Crippen LogP contribution in [0.25, 0.3) is 0 Å². The first-order valence-electron chi connectivity index (χ1n) is 5.93. The Morgan fingerprint density at radius 3 is 2.79 bits per heavy atom. The maximum Gasteiger partial charge on any atom is 0.277 e. The first-order chi connectivity index (χ1) is 8.93. The summed E-state index contributed by atoms with van der Waals surface area (Å²) < 4.78 is 28.2. The van der Waals surface area contributed by atoms with Gasteiger partial charge in [-0.1, -0.05) is 25.7 Å². The Kier molecular flexibility index (Phi) is 6.48. The second-order valence-electron chi connectivity index (χ2n) is 4.37. The summed E-state index contributed by atoms with van der Waals surface area (Å²) in [6.07, 6.45) is 0. The summed E-state index contributed by atoms with van der Waals surface area (Å²) >= 11 is 1.47. The lowest BCUT2D eigenvalue weighted by Gasteiger charge is -2.08. The van der Waals surface area contributed by atoms with E-state index < -0.39 is 10.2 Å². The van der Waals surface area contributed by atoms with Gasteiger partial charge in [0.15, 0.2) is 0 Å². The van der Waals surface area contributed by atoms with Crippen molar-refractivity contribution >= 4 is 21.5 Å². The lowest BCUT2D eigenvalue weighted by atomic mass is 10.2. The van der Waals surface area contributed by atoms with Gasteiger partial charge in [0.2, 0.25) is 0 Å². The molecule has 0 saturated heterocycles. The van der Waals surface area contributed by atoms with Crippen LogP contribution in [0.4, 0.5) is 0 Å². The smallest absolute Gasteiger partial charge is 0.277 e. The highest BCUT2D eigenvalue weighted by Crippen LogP contribution is 2.13. The monoisotopic (exact) mass is 301 g/mol. The fourth-order valence-corrected chi connectivity index (χ4v) is 3.03. The Morgan fingerprint density at radius 1 is 1.42 bits per heavy atom. The summed E-state index contributed by atoms with van der Waals surface area (Å²) in [7, 11) is -3.43. The van der Waals surface area contributed by atoms with Crippen molar-refractivity contribution < 1.29 is 8.42 Å². The van der Waals surface area contributed by atoms with Crippen molar-refractivity contribution in [3.8, 4) is 11.8 Å². The van der Waals surface area contributed by atoms with E-state index in [9.17, 15) is 8.42 Å². The molecule has 0 fully saturated rings. The number of nitrogens with one attached hydrogen (secondary N) is 2. The van der Waals surface area contributed by atoms with Crippen LogP contribution in [-0.4, -0.2) is 21.5 Å². The second kappa shape index (κ2) is 7.62. The van der Waals surface area contributed by atoms with Gasteiger partial charge in [0.05, 0.1) is 6.54 Å². The van der Waals surface area contributed by atoms with Crippen LogP contribution in [0.5, 0.6) is 0 Å². The molecule has 0 atom stereocenters. The van der Waals surface area contributed by atoms with Crippen LogP contribution in [0.1, 0.15) is 24.3 Å². The Bertz CT molecular complexity index is 553. The minimum atomic E-state index is -3.43. The van der Waals surface area contributed by atoms with E-state index in [0.717, 1.165) is 10.4 Å². The Labute approximate surface area is 118 Å². The van der Waals surface area contributed by atoms with Crippen molar-refractivity contribution in [1.29, 1.82) is 0 Å². The first kappa shape index (κ1) is 16.1. The van der Waals surface area contributed by atoms with E-state index in [0.29, 0.717) is 13.1 Å². The predicted octanol–water partition coefficient (Wildman–Crippen LogP) is 0.638. The molecule has 106 valence electrons. The van der Waals surface area contributed by atoms with Gasteiger partial charge in [0, 0.05) is 28.9 Å². The average Bonchev–Trinajstić information content (AvgIpc) is 2.80. The molecule has 4 N–H and O–H groups in total. The van der Waals surface area contributed by atoms with Crippen LogP contribution in [-0.2, 0) is 16.8 Å². The van der Waals surface area contributed by atoms with Crippen molar-refractivity contribution in [2.24, 2.45) is 11.7 Å². The minimum Gasteiger partial charge on any atom is -0.320 e. The highest BCUT2D eigenvalue weighted by atomic mass is 32.2. The van der Waals surface area contributed by atoms with Gasteiger partial charge in [0.1, 0.15) is 0 Å². The number of nitrogens with two attached hydrogens (primary N) is 1. The van der Waals surface area contributed by atoms with Crippen molar-refractivity contribution in [1.82, 2.24) is 9.44 Å². The largest absolute Gasteiger partial charge is 0.320 e. The van der Waals surface area contributed by atoms with Crippen molar-refractivity contribution in [2.75, 3.05) is 13.1 Å². The van der Waals surface area contributed by atoms with E-state index in [4.69, 9.17) is 5.73 Å². The summed E-state index contributed by atoms with van der Waals surface area (Å²) in [5.74, 6) is 5.94. The molecule has 0 saturated carbocycles. The lowest BCUT2D eigenvalue weighted by molar-refractivity contribution is 0.547. The molecular weight excluding hydrogens is 282 g/mol. The van der Waals surface area contributed by atoms with Crippen molar-refractivity contribution in [2.45, 2.75) is 20.4 Å². The number of rotatable bonds is 6. The quantitative estimate of drug-likeness (QED) is 0.674. The molecule has 1 aromatic rings. The van der Waals surface area contributed by atoms with Crippen molar-refractivity contribution in [3.05, 3.63) is 21.9 Å². The molecule has 0 bridgehead atoms. The number of hydrogen-bond acceptors (Lipinski definition) is 4. The summed E-state index contributed by atoms with van der Waals surface area (Å²) in [6, 6.07) is 1.86. The van der Waals surface area contributed by atoms with Crippen LogP contribution in [0.2, 0.25) is 0 Å². The fourth-order valence-electron chi connectivity index (χ4n) is 1.19. The molecule has 1 heterocycles. The molecule has 7 heteroatoms. The average molecular weight is 301 g/mol. The Morgan fingerprint density at radius 2 is 2.16 bits per heavy atom. The summed E-state index contributed by atoms with van der Waals surface area (Å²) in [4.78, 5) is 0.913. The van der Waals surface area contributed by atoms with E-state index in [1.165, 1.54) is 11.3 Å². The van der Waals surface area contributed by atoms with Crippen LogP contribution >= 0.6 is 11.3 Å². The highest BCUT2D eigenvalue weighted by molar-refractivity contribution is 7.87. The van der Waals surface area contributed by atoms with E-state index in [1.54, 1.807) is 0 Å². The van der Waals surface area contributed by atoms with Gasteiger partial charge in [-0.05, 0) is 12.0 Å². The van der Waals surface area contributed by atoms with Crippen LogP contribution in [0.3, 0.4) is 0 Å². The zero-order chi connectivity index (χ0) is 14.3. The third kappa shape index (κ3) is 6.71. The zero-order valence-electron chi connectivity index (χ0n) is 11.1. The molecule has 5 nitrogen and oxygen atoms in total. The van der Waals surface area contributed by atoms with Gasteiger partial charge < -0.3 is 5.73 Å². The van der Waals surface area contributed by atoms with Gasteiger partial charge in [-0.15, -0.1) is 11.3 Å². The lowest BCUT2D eigenvalue weighted by Crippen LogP contribution is -2.37. The van der Waals surface area contributed by atoms with Gasteiger partial charge in [0.25, 0.3) is 10.2 Å². The predicted molar refractivity (Wildman–Crippen MR) is 78.9 cm³/mol. The molecule has 0 amide bonds. The SMILES string of the molecule is CC(C)CNS(=O)(=O)NCc1cc(C#CCN)cs1. The molecule has 0 spiro atoms. The number of hydrogen-bond donors (Lipinski definition) is 3. The van der Waals surface area contributed by atoms with Gasteiger partial charge in [-0.25, -0.2) is 4.72 Å². The Balaban J connectivity index is 2.50. The Hall–Kier alpha value is -0.910. The van der Waals surface area contributed by atoms with Gasteiger partial charge in [-0.2, -0.15) is 13.1 Å². The van der Waals surface area contributed by atoms with Crippen LogP contribution < -0.4 is 15.2 Å². The third-order valence-corrected chi connectivity index (χ3v) is 4.11. The van der Waals surface area contributed by atoms with E-state index in [-0.39, 0.29) is 12.5 Å². The normalized spacial score (nSPS) is 11.4. The maximum absolute atomic E-state index is 11.6. The van der Waals surface area contributed by atoms with Crippen molar-refractivity contribution in [3.63, 3.8) is 0 Å². The molecule has 0 aliphatic rings. The highest BCUT2D eigenvalue weighted by Gasteiger charge is 2.10.